The fraction of sp³-hybridized carbons (Fsp3) is 0.357. The van der Waals surface area contributed by atoms with Crippen molar-refractivity contribution in [2.45, 2.75) is 6.18 Å². The van der Waals surface area contributed by atoms with Gasteiger partial charge in [-0.25, -0.2) is 13.1 Å². The van der Waals surface area contributed by atoms with Crippen molar-refractivity contribution in [2.75, 3.05) is 31.3 Å². The van der Waals surface area contributed by atoms with Gasteiger partial charge in [-0.05, 0) is 18.2 Å². The largest absolute Gasteiger partial charge is 0.416 e. The summed E-state index contributed by atoms with van der Waals surface area (Å²) < 4.78 is 62.7. The molecule has 0 saturated heterocycles. The molecule has 0 spiro atoms. The monoisotopic (exact) mass is 347 g/mol. The molecule has 0 aliphatic carbocycles. The molecule has 2 aromatic rings. The van der Waals surface area contributed by atoms with Crippen LogP contribution in [0.3, 0.4) is 0 Å². The zero-order valence-electron chi connectivity index (χ0n) is 12.6. The van der Waals surface area contributed by atoms with Crippen molar-refractivity contribution in [3.8, 4) is 0 Å². The maximum Gasteiger partial charge on any atom is 0.416 e. The summed E-state index contributed by atoms with van der Waals surface area (Å²) in [6.07, 6.45) is -1.93. The summed E-state index contributed by atoms with van der Waals surface area (Å²) in [5.74, 6) is 0. The molecule has 1 N–H and O–H groups in total. The summed E-state index contributed by atoms with van der Waals surface area (Å²) in [7, 11) is -1.55. The molecule has 9 heteroatoms. The highest BCUT2D eigenvalue weighted by Gasteiger charge is 2.30. The summed E-state index contributed by atoms with van der Waals surface area (Å²) in [5, 5.41) is 0.572. The second-order valence-electron chi connectivity index (χ2n) is 5.15. The first-order valence-corrected chi connectivity index (χ1v) is 8.59. The van der Waals surface area contributed by atoms with Crippen LogP contribution < -0.4 is 9.62 Å². The molecule has 5 nitrogen and oxygen atoms in total. The number of hydrogen-bond acceptors (Lipinski definition) is 4. The van der Waals surface area contributed by atoms with Gasteiger partial charge in [0, 0.05) is 37.4 Å². The molecule has 1 aromatic carbocycles. The van der Waals surface area contributed by atoms with Crippen molar-refractivity contribution < 1.29 is 21.6 Å². The molecule has 0 bridgehead atoms. The second-order valence-corrected chi connectivity index (χ2v) is 6.98. The van der Waals surface area contributed by atoms with E-state index >= 15 is 0 Å². The number of pyridine rings is 1. The lowest BCUT2D eigenvalue weighted by molar-refractivity contribution is -0.137. The number of aromatic nitrogens is 1. The number of anilines is 1. The SMILES string of the molecule is CN(CCNS(C)(=O)=O)c1ccnc2cc(C(F)(F)F)ccc12. The molecular formula is C14H16F3N3O2S. The third-order valence-corrected chi connectivity index (χ3v) is 4.00. The number of nitrogens with one attached hydrogen (secondary N) is 1. The van der Waals surface area contributed by atoms with Crippen LogP contribution in [0.25, 0.3) is 10.9 Å². The first-order valence-electron chi connectivity index (χ1n) is 6.70. The molecule has 0 radical (unpaired) electrons. The number of fused-ring (bicyclic) bond motifs is 1. The minimum atomic E-state index is -4.42. The Hall–Kier alpha value is -1.87. The van der Waals surface area contributed by atoms with Gasteiger partial charge in [0.2, 0.25) is 10.0 Å². The van der Waals surface area contributed by atoms with E-state index in [9.17, 15) is 21.6 Å². The summed E-state index contributed by atoms with van der Waals surface area (Å²) in [6, 6.07) is 5.06. The lowest BCUT2D eigenvalue weighted by atomic mass is 10.1. The molecule has 1 aromatic heterocycles. The van der Waals surface area contributed by atoms with E-state index in [1.807, 2.05) is 0 Å². The third-order valence-electron chi connectivity index (χ3n) is 3.27. The number of sulfonamides is 1. The Morgan fingerprint density at radius 1 is 1.26 bits per heavy atom. The molecule has 0 aliphatic rings. The summed E-state index contributed by atoms with van der Waals surface area (Å²) >= 11 is 0. The fourth-order valence-electron chi connectivity index (χ4n) is 2.16. The van der Waals surface area contributed by atoms with Gasteiger partial charge in [0.05, 0.1) is 17.3 Å². The predicted molar refractivity (Wildman–Crippen MR) is 82.9 cm³/mol. The van der Waals surface area contributed by atoms with Gasteiger partial charge in [-0.2, -0.15) is 13.2 Å². The summed E-state index contributed by atoms with van der Waals surface area (Å²) in [6.45, 7) is 0.562. The first-order chi connectivity index (χ1) is 10.6. The van der Waals surface area contributed by atoms with E-state index in [1.165, 1.54) is 12.3 Å². The van der Waals surface area contributed by atoms with Gasteiger partial charge in [0.25, 0.3) is 0 Å². The minimum Gasteiger partial charge on any atom is -0.373 e. The zero-order valence-corrected chi connectivity index (χ0v) is 13.4. The van der Waals surface area contributed by atoms with Crippen molar-refractivity contribution in [1.82, 2.24) is 9.71 Å². The van der Waals surface area contributed by atoms with Crippen LogP contribution in [0.4, 0.5) is 18.9 Å². The van der Waals surface area contributed by atoms with Crippen molar-refractivity contribution >= 4 is 26.6 Å². The highest BCUT2D eigenvalue weighted by atomic mass is 32.2. The molecule has 0 fully saturated rings. The highest BCUT2D eigenvalue weighted by molar-refractivity contribution is 7.88. The maximum atomic E-state index is 12.7. The van der Waals surface area contributed by atoms with Gasteiger partial charge in [0.1, 0.15) is 0 Å². The maximum absolute atomic E-state index is 12.7. The number of rotatable bonds is 5. The second kappa shape index (κ2) is 6.32. The van der Waals surface area contributed by atoms with Crippen LogP contribution >= 0.6 is 0 Å². The minimum absolute atomic E-state index is 0.194. The van der Waals surface area contributed by atoms with Gasteiger partial charge < -0.3 is 4.90 Å². The normalized spacial score (nSPS) is 12.6. The predicted octanol–water partition coefficient (Wildman–Crippen LogP) is 2.24. The van der Waals surface area contributed by atoms with Crippen molar-refractivity contribution in [1.29, 1.82) is 0 Å². The fourth-order valence-corrected chi connectivity index (χ4v) is 2.62. The van der Waals surface area contributed by atoms with Crippen LogP contribution in [-0.2, 0) is 16.2 Å². The standard InChI is InChI=1S/C14H16F3N3O2S/c1-20(8-7-19-23(2,21)22)13-5-6-18-12-9-10(14(15,16)17)3-4-11(12)13/h3-6,9,19H,7-8H2,1-2H3. The zero-order chi connectivity index (χ0) is 17.3. The molecule has 1 heterocycles. The summed E-state index contributed by atoms with van der Waals surface area (Å²) in [5.41, 5.74) is 0.162. The van der Waals surface area contributed by atoms with E-state index in [4.69, 9.17) is 0 Å². The Balaban J connectivity index is 2.27. The van der Waals surface area contributed by atoms with Crippen LogP contribution in [0.1, 0.15) is 5.56 Å². The Morgan fingerprint density at radius 3 is 2.57 bits per heavy atom. The number of halogens is 3. The lowest BCUT2D eigenvalue weighted by Gasteiger charge is -2.21. The number of hydrogen-bond donors (Lipinski definition) is 1. The van der Waals surface area contributed by atoms with Crippen molar-refractivity contribution in [3.05, 3.63) is 36.0 Å². The molecule has 0 amide bonds. The quantitative estimate of drug-likeness (QED) is 0.901. The van der Waals surface area contributed by atoms with Crippen LogP contribution in [0.5, 0.6) is 0 Å². The van der Waals surface area contributed by atoms with E-state index in [0.717, 1.165) is 18.4 Å². The van der Waals surface area contributed by atoms with Gasteiger partial charge in [-0.1, -0.05) is 6.07 Å². The lowest BCUT2D eigenvalue weighted by Crippen LogP contribution is -2.32. The molecule has 0 atom stereocenters. The Kier molecular flexibility index (Phi) is 4.81. The Labute approximate surface area is 132 Å². The molecule has 23 heavy (non-hydrogen) atoms. The molecule has 2 rings (SSSR count). The average molecular weight is 347 g/mol. The summed E-state index contributed by atoms with van der Waals surface area (Å²) in [4.78, 5) is 5.74. The third kappa shape index (κ3) is 4.55. The van der Waals surface area contributed by atoms with Crippen LogP contribution in [0.15, 0.2) is 30.5 Å². The molecule has 126 valence electrons. The molecule has 0 saturated carbocycles. The Morgan fingerprint density at radius 2 is 1.96 bits per heavy atom. The van der Waals surface area contributed by atoms with E-state index in [-0.39, 0.29) is 12.1 Å². The number of alkyl halides is 3. The highest BCUT2D eigenvalue weighted by Crippen LogP contribution is 2.33. The topological polar surface area (TPSA) is 62.3 Å². The van der Waals surface area contributed by atoms with Gasteiger partial charge in [-0.15, -0.1) is 0 Å². The van der Waals surface area contributed by atoms with Gasteiger partial charge >= 0.3 is 6.18 Å². The van der Waals surface area contributed by atoms with Gasteiger partial charge in [-0.3, -0.25) is 4.98 Å². The van der Waals surface area contributed by atoms with Crippen molar-refractivity contribution in [2.24, 2.45) is 0 Å². The Bertz CT molecular complexity index is 807. The van der Waals surface area contributed by atoms with E-state index in [1.54, 1.807) is 18.0 Å². The van der Waals surface area contributed by atoms with Gasteiger partial charge in [0.15, 0.2) is 0 Å². The number of likely N-dealkylation sites (N-methyl/N-ethyl adjacent to an activating group) is 1. The van der Waals surface area contributed by atoms with Crippen LogP contribution in [0, 0.1) is 0 Å². The number of benzene rings is 1. The van der Waals surface area contributed by atoms with E-state index in [2.05, 4.69) is 9.71 Å². The molecule has 0 aliphatic heterocycles. The average Bonchev–Trinajstić information content (AvgIpc) is 2.43. The number of nitrogens with zero attached hydrogens (tertiary/aromatic N) is 2. The first kappa shape index (κ1) is 17.5. The van der Waals surface area contributed by atoms with E-state index in [0.29, 0.717) is 17.6 Å². The van der Waals surface area contributed by atoms with Crippen molar-refractivity contribution in [3.63, 3.8) is 0 Å². The molecular weight excluding hydrogens is 331 g/mol. The van der Waals surface area contributed by atoms with E-state index < -0.39 is 21.8 Å². The molecule has 0 unspecified atom stereocenters. The van der Waals surface area contributed by atoms with Crippen LogP contribution in [-0.4, -0.2) is 39.8 Å². The smallest absolute Gasteiger partial charge is 0.373 e. The van der Waals surface area contributed by atoms with Crippen LogP contribution in [0.2, 0.25) is 0 Å².